The molecule has 0 aromatic carbocycles. The largest absolute Gasteiger partial charge is 0.477 e. The van der Waals surface area contributed by atoms with Crippen LogP contribution in [0, 0.1) is 29.6 Å². The van der Waals surface area contributed by atoms with Crippen LogP contribution in [-0.4, -0.2) is 134 Å². The average Bonchev–Trinajstić information content (AvgIpc) is 1.60. The molecule has 6 fully saturated rings. The van der Waals surface area contributed by atoms with Crippen molar-refractivity contribution < 1.29 is 33.9 Å². The third kappa shape index (κ3) is 13.4. The summed E-state index contributed by atoms with van der Waals surface area (Å²) in [5.41, 5.74) is 8.95. The number of ketones is 2. The molecule has 6 amide bonds. The minimum atomic E-state index is -1.11. The highest BCUT2D eigenvalue weighted by Gasteiger charge is 2.44. The summed E-state index contributed by atoms with van der Waals surface area (Å²) in [6, 6.07) is 26.4. The van der Waals surface area contributed by atoms with Gasteiger partial charge in [-0.05, 0) is 167 Å². The number of rotatable bonds is 13. The first-order valence-corrected chi connectivity index (χ1v) is 31.0. The Morgan fingerprint density at radius 3 is 1.08 bits per heavy atom. The van der Waals surface area contributed by atoms with E-state index in [9.17, 15) is 33.9 Å². The van der Waals surface area contributed by atoms with Crippen LogP contribution in [0.4, 0.5) is 66.4 Å². The zero-order valence-electron chi connectivity index (χ0n) is 49.9. The number of carbonyl (C=O) groups excluding carboxylic acids is 5. The van der Waals surface area contributed by atoms with Crippen molar-refractivity contribution in [1.29, 1.82) is 0 Å². The number of carbonyl (C=O) groups is 6. The van der Waals surface area contributed by atoms with E-state index in [-0.39, 0.29) is 53.5 Å². The van der Waals surface area contributed by atoms with E-state index in [1.807, 2.05) is 48.5 Å². The number of hydrogen-bond donors (Lipinski definition) is 5. The lowest BCUT2D eigenvalue weighted by Crippen LogP contribution is -2.48. The molecule has 0 spiro atoms. The highest BCUT2D eigenvalue weighted by Crippen LogP contribution is 2.44. The van der Waals surface area contributed by atoms with Gasteiger partial charge in [0.2, 0.25) is 0 Å². The Bertz CT molecular complexity index is 3400. The molecule has 3 saturated carbocycles. The maximum Gasteiger partial charge on any atom is 0.354 e. The second-order valence-electron chi connectivity index (χ2n) is 24.7. The van der Waals surface area contributed by atoms with Gasteiger partial charge in [0.15, 0.2) is 34.7 Å². The Balaban J connectivity index is 0.000000123. The zero-order valence-corrected chi connectivity index (χ0v) is 49.9. The van der Waals surface area contributed by atoms with Crippen LogP contribution >= 0.6 is 0 Å². The lowest BCUT2D eigenvalue weighted by atomic mass is 9.98. The van der Waals surface area contributed by atoms with Crippen molar-refractivity contribution in [2.75, 3.05) is 84.6 Å². The van der Waals surface area contributed by atoms with Crippen molar-refractivity contribution in [3.05, 3.63) is 127 Å². The normalized spacial score (nSPS) is 20.6. The lowest BCUT2D eigenvalue weighted by molar-refractivity contribution is 0.0689. The van der Waals surface area contributed by atoms with E-state index in [1.54, 1.807) is 69.7 Å². The standard InChI is InChI=1S/2C22H25N5O2.C16H15N5O3.C5H11N/c2*1-14(15-5-6-15)12-19(28)17-7-8-18-21(24-17)27(16-9-11-26(18)13-16)22(29)25-20-4-2-3-10-23-20;22-15(23)11-4-5-12-14(18-11)21(10-6-8-20(12)9-10)16(24)19-13-3-1-2-7-17-13;1-4(6)5-2-3-5/h2*2-4,7-8,10,14-16H,5-6,9,11-13H2,1H3,(H,23,25,29);1-5,7,10H,6,8-9H2,(H,22,23)(H,17,19,24);4-5H,2-3,6H2,1H3/t2*14?,16-;10-;/m000./s1. The molecule has 6 N–H and O–H groups in total. The van der Waals surface area contributed by atoms with Crippen molar-refractivity contribution in [3.63, 3.8) is 0 Å². The lowest BCUT2D eigenvalue weighted by Gasteiger charge is -2.35. The summed E-state index contributed by atoms with van der Waals surface area (Å²) in [6.07, 6.45) is 16.2. The number of carboxylic acids is 1. The van der Waals surface area contributed by atoms with Crippen LogP contribution in [0.15, 0.2) is 110 Å². The van der Waals surface area contributed by atoms with Crippen LogP contribution in [0.1, 0.15) is 123 Å². The number of amides is 6. The molecule has 3 saturated heterocycles. The third-order valence-corrected chi connectivity index (χ3v) is 18.2. The van der Waals surface area contributed by atoms with Crippen molar-refractivity contribution >= 4 is 87.6 Å². The van der Waals surface area contributed by atoms with Crippen molar-refractivity contribution in [2.24, 2.45) is 35.3 Å². The van der Waals surface area contributed by atoms with Gasteiger partial charge >= 0.3 is 24.1 Å². The molecule has 12 heterocycles. The summed E-state index contributed by atoms with van der Waals surface area (Å²) in [5.74, 6) is 5.03. The average molecular weight is 1190 g/mol. The maximum atomic E-state index is 13.1. The zero-order chi connectivity index (χ0) is 61.2. The van der Waals surface area contributed by atoms with E-state index < -0.39 is 5.97 Å². The van der Waals surface area contributed by atoms with Crippen LogP contribution in [-0.2, 0) is 0 Å². The second-order valence-corrected chi connectivity index (χ2v) is 24.7. The molecule has 3 unspecified atom stereocenters. The van der Waals surface area contributed by atoms with Gasteiger partial charge in [0.25, 0.3) is 0 Å². The van der Waals surface area contributed by atoms with Gasteiger partial charge < -0.3 is 25.5 Å². The molecule has 458 valence electrons. The molecule has 15 rings (SSSR count). The SMILES string of the molecule is CC(CC(=O)c1ccc2c(n1)N(C(=O)Nc1ccccn1)[C@H]1CCN2C1)C1CC1.CC(CC(=O)c1ccc2c(n1)N(C(=O)Nc1ccccn1)[C@H]1CCN2C1)C1CC1.CC(N)C1CC1.O=C(O)c1ccc2c(n1)N(C(=O)Nc1ccccn1)[C@H]1CCN2C1. The molecule has 6 bridgehead atoms. The fourth-order valence-corrected chi connectivity index (χ4v) is 12.7. The van der Waals surface area contributed by atoms with Gasteiger partial charge in [0, 0.05) is 76.7 Å². The number of nitrogens with zero attached hydrogens (tertiary/aromatic N) is 12. The molecule has 0 radical (unpaired) electrons. The van der Waals surface area contributed by atoms with Crippen LogP contribution in [0.5, 0.6) is 0 Å². The van der Waals surface area contributed by atoms with Gasteiger partial charge in [-0.2, -0.15) is 0 Å². The first kappa shape index (κ1) is 59.2. The van der Waals surface area contributed by atoms with Gasteiger partial charge in [-0.25, -0.2) is 49.1 Å². The number of nitrogens with one attached hydrogen (secondary N) is 3. The molecule has 6 atom stereocenters. The topological polar surface area (TPSA) is 282 Å². The molecular formula is C65H76N16O7. The Morgan fingerprint density at radius 1 is 0.466 bits per heavy atom. The molecule has 23 nitrogen and oxygen atoms in total. The van der Waals surface area contributed by atoms with Crippen LogP contribution in [0.2, 0.25) is 0 Å². The van der Waals surface area contributed by atoms with E-state index >= 15 is 0 Å². The highest BCUT2D eigenvalue weighted by atomic mass is 16.4. The van der Waals surface area contributed by atoms with Crippen LogP contribution in [0.25, 0.3) is 0 Å². The predicted octanol–water partition coefficient (Wildman–Crippen LogP) is 10.0. The van der Waals surface area contributed by atoms with Gasteiger partial charge in [0.05, 0.1) is 35.2 Å². The van der Waals surface area contributed by atoms with E-state index in [4.69, 9.17) is 5.73 Å². The number of anilines is 9. The Hall–Kier alpha value is -9.12. The monoisotopic (exact) mass is 1190 g/mol. The number of fused-ring (bicyclic) bond motifs is 12. The summed E-state index contributed by atoms with van der Waals surface area (Å²) in [5, 5.41) is 17.7. The molecule has 3 aliphatic carbocycles. The number of Topliss-reactive ketones (excluding diaryl/α,β-unsaturated/α-hetero) is 2. The number of urea groups is 3. The second kappa shape index (κ2) is 25.7. The van der Waals surface area contributed by atoms with E-state index in [2.05, 4.69) is 81.3 Å². The quantitative estimate of drug-likeness (QED) is 0.0672. The van der Waals surface area contributed by atoms with Gasteiger partial charge in [-0.15, -0.1) is 0 Å². The smallest absolute Gasteiger partial charge is 0.354 e. The number of aromatic carboxylic acids is 1. The van der Waals surface area contributed by atoms with Gasteiger partial charge in [0.1, 0.15) is 28.8 Å². The molecule has 6 aromatic rings. The number of aromatic nitrogens is 6. The van der Waals surface area contributed by atoms with Crippen LogP contribution in [0.3, 0.4) is 0 Å². The minimum Gasteiger partial charge on any atom is -0.477 e. The van der Waals surface area contributed by atoms with E-state index in [0.717, 1.165) is 81.5 Å². The molecular weight excluding hydrogens is 1120 g/mol. The first-order chi connectivity index (χ1) is 42.6. The minimum absolute atomic E-state index is 0.0299. The summed E-state index contributed by atoms with van der Waals surface area (Å²) >= 11 is 0. The number of hydrogen-bond acceptors (Lipinski definition) is 16. The summed E-state index contributed by atoms with van der Waals surface area (Å²) in [7, 11) is 0. The van der Waals surface area contributed by atoms with Gasteiger partial charge in [-0.1, -0.05) is 32.0 Å². The Morgan fingerprint density at radius 2 is 0.795 bits per heavy atom. The highest BCUT2D eigenvalue weighted by molar-refractivity contribution is 6.07. The van der Waals surface area contributed by atoms with Crippen molar-refractivity contribution in [3.8, 4) is 0 Å². The predicted molar refractivity (Wildman–Crippen MR) is 337 cm³/mol. The van der Waals surface area contributed by atoms with Crippen molar-refractivity contribution in [1.82, 2.24) is 29.9 Å². The molecule has 9 aliphatic rings. The Kier molecular flexibility index (Phi) is 17.3. The Labute approximate surface area is 511 Å². The summed E-state index contributed by atoms with van der Waals surface area (Å²) in [4.78, 5) is 113. The number of carboxylic acid groups (broad SMARTS) is 1. The van der Waals surface area contributed by atoms with Crippen molar-refractivity contribution in [2.45, 2.75) is 116 Å². The van der Waals surface area contributed by atoms with E-state index in [1.165, 1.54) is 44.6 Å². The molecule has 23 heteroatoms. The maximum absolute atomic E-state index is 13.1. The first-order valence-electron chi connectivity index (χ1n) is 31.0. The molecule has 6 aliphatic heterocycles. The molecule has 88 heavy (non-hydrogen) atoms. The fourth-order valence-electron chi connectivity index (χ4n) is 12.7. The summed E-state index contributed by atoms with van der Waals surface area (Å²) < 4.78 is 0. The van der Waals surface area contributed by atoms with Crippen LogP contribution < -0.4 is 51.1 Å². The number of pyridine rings is 6. The fraction of sp³-hybridized carbons (Fsp3) is 0.446. The summed E-state index contributed by atoms with van der Waals surface area (Å²) in [6.45, 7) is 11.3. The van der Waals surface area contributed by atoms with Gasteiger partial charge in [-0.3, -0.25) is 40.2 Å². The van der Waals surface area contributed by atoms with E-state index in [0.29, 0.717) is 88.9 Å². The molecule has 6 aromatic heterocycles. The third-order valence-electron chi connectivity index (χ3n) is 18.2. The number of nitrogens with two attached hydrogens (primary N) is 1.